The second-order valence-electron chi connectivity index (χ2n) is 5.09. The third kappa shape index (κ3) is 4.31. The minimum Gasteiger partial charge on any atom is -0.463 e. The van der Waals surface area contributed by atoms with Crippen molar-refractivity contribution in [3.8, 4) is 0 Å². The fourth-order valence-corrected chi connectivity index (χ4v) is 3.12. The third-order valence-corrected chi connectivity index (χ3v) is 4.75. The molecule has 0 unspecified atom stereocenters. The van der Waals surface area contributed by atoms with Gasteiger partial charge in [-0.1, -0.05) is 6.92 Å². The lowest BCUT2D eigenvalue weighted by molar-refractivity contribution is 0.170. The molecule has 1 aliphatic rings. The number of nitrogens with one attached hydrogen (secondary N) is 1. The molecular formula is C13H23N3O3S. The molecule has 2 heterocycles. The first-order valence-electron chi connectivity index (χ1n) is 6.95. The molecule has 2 rings (SSSR count). The predicted octanol–water partition coefficient (Wildman–Crippen LogP) is 0.466. The van der Waals surface area contributed by atoms with Crippen LogP contribution in [0.1, 0.15) is 18.4 Å². The van der Waals surface area contributed by atoms with Crippen LogP contribution in [0.15, 0.2) is 16.5 Å². The van der Waals surface area contributed by atoms with Crippen LogP contribution < -0.4 is 5.32 Å². The van der Waals surface area contributed by atoms with Crippen LogP contribution >= 0.6 is 0 Å². The molecule has 1 N–H and O–H groups in total. The van der Waals surface area contributed by atoms with Gasteiger partial charge in [-0.25, -0.2) is 8.42 Å². The van der Waals surface area contributed by atoms with Gasteiger partial charge in [-0.3, -0.25) is 4.90 Å². The largest absolute Gasteiger partial charge is 0.463 e. The van der Waals surface area contributed by atoms with Gasteiger partial charge < -0.3 is 9.73 Å². The Bertz CT molecular complexity index is 519. The predicted molar refractivity (Wildman–Crippen MR) is 77.8 cm³/mol. The molecule has 1 aromatic heterocycles. The Hall–Kier alpha value is -0.890. The molecule has 0 bridgehead atoms. The summed E-state index contributed by atoms with van der Waals surface area (Å²) < 4.78 is 30.2. The van der Waals surface area contributed by atoms with Crippen molar-refractivity contribution in [1.29, 1.82) is 0 Å². The Morgan fingerprint density at radius 3 is 2.45 bits per heavy atom. The summed E-state index contributed by atoms with van der Waals surface area (Å²) in [5.41, 5.74) is 0. The average molecular weight is 301 g/mol. The topological polar surface area (TPSA) is 65.8 Å². The molecular weight excluding hydrogens is 278 g/mol. The van der Waals surface area contributed by atoms with Crippen LogP contribution in [0.4, 0.5) is 0 Å². The molecule has 0 amide bonds. The molecule has 0 saturated carbocycles. The molecule has 20 heavy (non-hydrogen) atoms. The molecule has 114 valence electrons. The Labute approximate surface area is 120 Å². The summed E-state index contributed by atoms with van der Waals surface area (Å²) in [5, 5.41) is 3.22. The van der Waals surface area contributed by atoms with Crippen molar-refractivity contribution >= 4 is 10.0 Å². The van der Waals surface area contributed by atoms with Crippen LogP contribution in [-0.2, 0) is 23.1 Å². The Balaban J connectivity index is 1.82. The zero-order chi connectivity index (χ0) is 14.6. The number of hydrogen-bond donors (Lipinski definition) is 1. The molecule has 6 nitrogen and oxygen atoms in total. The SMILES string of the molecule is CCNCc1ccc(CN2CCN(S(C)(=O)=O)CC2)o1. The lowest BCUT2D eigenvalue weighted by Crippen LogP contribution is -2.47. The molecule has 1 saturated heterocycles. The standard InChI is InChI=1S/C13H23N3O3S/c1-3-14-10-12-4-5-13(19-12)11-15-6-8-16(9-7-15)20(2,17)18/h4-5,14H,3,6-11H2,1-2H3. The van der Waals surface area contributed by atoms with Gasteiger partial charge in [-0.2, -0.15) is 4.31 Å². The Kier molecular flexibility index (Phi) is 5.20. The third-order valence-electron chi connectivity index (χ3n) is 3.45. The fourth-order valence-electron chi connectivity index (χ4n) is 2.29. The molecule has 7 heteroatoms. The van der Waals surface area contributed by atoms with E-state index in [1.165, 1.54) is 10.6 Å². The van der Waals surface area contributed by atoms with Crippen LogP contribution in [0.3, 0.4) is 0 Å². The first kappa shape index (κ1) is 15.5. The molecule has 0 atom stereocenters. The molecule has 1 fully saturated rings. The number of piperazine rings is 1. The summed E-state index contributed by atoms with van der Waals surface area (Å²) in [6, 6.07) is 3.99. The maximum absolute atomic E-state index is 11.4. The molecule has 0 spiro atoms. The second kappa shape index (κ2) is 6.71. The highest BCUT2D eigenvalue weighted by Gasteiger charge is 2.23. The van der Waals surface area contributed by atoms with E-state index in [9.17, 15) is 8.42 Å². The highest BCUT2D eigenvalue weighted by molar-refractivity contribution is 7.88. The first-order chi connectivity index (χ1) is 9.49. The number of hydrogen-bond acceptors (Lipinski definition) is 5. The van der Waals surface area contributed by atoms with E-state index in [1.807, 2.05) is 12.1 Å². The number of furan rings is 1. The molecule has 1 aromatic rings. The van der Waals surface area contributed by atoms with E-state index < -0.39 is 10.0 Å². The molecule has 0 radical (unpaired) electrons. The van der Waals surface area contributed by atoms with Crippen molar-refractivity contribution in [2.45, 2.75) is 20.0 Å². The summed E-state index contributed by atoms with van der Waals surface area (Å²) >= 11 is 0. The van der Waals surface area contributed by atoms with Gasteiger partial charge in [-0.05, 0) is 18.7 Å². The Morgan fingerprint density at radius 2 is 1.85 bits per heavy atom. The average Bonchev–Trinajstić information content (AvgIpc) is 2.83. The number of sulfonamides is 1. The van der Waals surface area contributed by atoms with Crippen molar-refractivity contribution in [1.82, 2.24) is 14.5 Å². The van der Waals surface area contributed by atoms with Crippen LogP contribution in [0.5, 0.6) is 0 Å². The van der Waals surface area contributed by atoms with E-state index in [2.05, 4.69) is 17.1 Å². The van der Waals surface area contributed by atoms with Gasteiger partial charge in [-0.15, -0.1) is 0 Å². The maximum atomic E-state index is 11.4. The molecule has 0 aromatic carbocycles. The summed E-state index contributed by atoms with van der Waals surface area (Å²) in [7, 11) is -3.05. The summed E-state index contributed by atoms with van der Waals surface area (Å²) in [6.07, 6.45) is 1.27. The normalized spacial score (nSPS) is 18.5. The van der Waals surface area contributed by atoms with E-state index >= 15 is 0 Å². The van der Waals surface area contributed by atoms with Gasteiger partial charge in [0.1, 0.15) is 11.5 Å². The van der Waals surface area contributed by atoms with E-state index in [0.717, 1.165) is 44.2 Å². The lowest BCUT2D eigenvalue weighted by atomic mass is 10.3. The first-order valence-corrected chi connectivity index (χ1v) is 8.79. The van der Waals surface area contributed by atoms with Crippen molar-refractivity contribution < 1.29 is 12.8 Å². The monoisotopic (exact) mass is 301 g/mol. The summed E-state index contributed by atoms with van der Waals surface area (Å²) in [5.74, 6) is 1.88. The van der Waals surface area contributed by atoms with Gasteiger partial charge in [0.15, 0.2) is 0 Å². The van der Waals surface area contributed by atoms with Gasteiger partial charge >= 0.3 is 0 Å². The van der Waals surface area contributed by atoms with Crippen molar-refractivity contribution in [3.05, 3.63) is 23.7 Å². The number of rotatable bonds is 6. The maximum Gasteiger partial charge on any atom is 0.211 e. The van der Waals surface area contributed by atoms with Crippen LogP contribution in [0, 0.1) is 0 Å². The van der Waals surface area contributed by atoms with Crippen molar-refractivity contribution in [3.63, 3.8) is 0 Å². The van der Waals surface area contributed by atoms with Crippen molar-refractivity contribution in [2.24, 2.45) is 0 Å². The summed E-state index contributed by atoms with van der Waals surface area (Å²) in [4.78, 5) is 2.22. The fraction of sp³-hybridized carbons (Fsp3) is 0.692. The smallest absolute Gasteiger partial charge is 0.211 e. The van der Waals surface area contributed by atoms with E-state index in [0.29, 0.717) is 13.1 Å². The number of nitrogens with zero attached hydrogens (tertiary/aromatic N) is 2. The lowest BCUT2D eigenvalue weighted by Gasteiger charge is -2.32. The minimum absolute atomic E-state index is 0.559. The van der Waals surface area contributed by atoms with E-state index in [4.69, 9.17) is 4.42 Å². The highest BCUT2D eigenvalue weighted by atomic mass is 32.2. The van der Waals surface area contributed by atoms with Gasteiger partial charge in [0.2, 0.25) is 10.0 Å². The van der Waals surface area contributed by atoms with Crippen molar-refractivity contribution in [2.75, 3.05) is 39.0 Å². The summed E-state index contributed by atoms with van der Waals surface area (Å²) in [6.45, 7) is 7.08. The van der Waals surface area contributed by atoms with E-state index in [-0.39, 0.29) is 0 Å². The molecule has 0 aliphatic carbocycles. The highest BCUT2D eigenvalue weighted by Crippen LogP contribution is 2.13. The van der Waals surface area contributed by atoms with Gasteiger partial charge in [0.05, 0.1) is 19.3 Å². The zero-order valence-corrected chi connectivity index (χ0v) is 12.9. The minimum atomic E-state index is -3.05. The second-order valence-corrected chi connectivity index (χ2v) is 7.07. The Morgan fingerprint density at radius 1 is 1.20 bits per heavy atom. The van der Waals surface area contributed by atoms with Crippen LogP contribution in [0.2, 0.25) is 0 Å². The van der Waals surface area contributed by atoms with Gasteiger partial charge in [0, 0.05) is 26.2 Å². The van der Waals surface area contributed by atoms with E-state index in [1.54, 1.807) is 0 Å². The zero-order valence-electron chi connectivity index (χ0n) is 12.1. The quantitative estimate of drug-likeness (QED) is 0.827. The van der Waals surface area contributed by atoms with Crippen LogP contribution in [-0.4, -0.2) is 56.6 Å². The van der Waals surface area contributed by atoms with Crippen LogP contribution in [0.25, 0.3) is 0 Å². The van der Waals surface area contributed by atoms with Gasteiger partial charge in [0.25, 0.3) is 0 Å². The molecule has 1 aliphatic heterocycles.